The highest BCUT2D eigenvalue weighted by Crippen LogP contribution is 2.39. The van der Waals surface area contributed by atoms with Crippen LogP contribution >= 0.6 is 0 Å². The molecule has 0 aromatic carbocycles. The predicted molar refractivity (Wildman–Crippen MR) is 50.6 cm³/mol. The van der Waals surface area contributed by atoms with Gasteiger partial charge in [0, 0.05) is 43.4 Å². The summed E-state index contributed by atoms with van der Waals surface area (Å²) >= 11 is 0. The third-order valence-electron chi connectivity index (χ3n) is 3.04. The van der Waals surface area contributed by atoms with Crippen LogP contribution in [0.2, 0.25) is 0 Å². The van der Waals surface area contributed by atoms with Crippen LogP contribution in [0.1, 0.15) is 24.5 Å². The van der Waals surface area contributed by atoms with Crippen molar-refractivity contribution in [3.8, 4) is 0 Å². The lowest BCUT2D eigenvalue weighted by Crippen LogP contribution is -2.44. The van der Waals surface area contributed by atoms with Crippen LogP contribution in [0.25, 0.3) is 0 Å². The zero-order valence-corrected chi connectivity index (χ0v) is 7.74. The Kier molecular flexibility index (Phi) is 1.65. The number of hydrogen-bond donors (Lipinski definition) is 1. The molecule has 70 valence electrons. The molecule has 2 heterocycles. The summed E-state index contributed by atoms with van der Waals surface area (Å²) in [6.07, 6.45) is 4.68. The molecule has 3 heteroatoms. The van der Waals surface area contributed by atoms with Gasteiger partial charge < -0.3 is 5.32 Å². The summed E-state index contributed by atoms with van der Waals surface area (Å²) in [4.78, 5) is 0. The van der Waals surface area contributed by atoms with Gasteiger partial charge in [-0.2, -0.15) is 5.10 Å². The van der Waals surface area contributed by atoms with Crippen LogP contribution < -0.4 is 5.32 Å². The van der Waals surface area contributed by atoms with E-state index in [4.69, 9.17) is 0 Å². The molecule has 0 amide bonds. The van der Waals surface area contributed by atoms with E-state index in [-0.39, 0.29) is 0 Å². The van der Waals surface area contributed by atoms with Crippen LogP contribution in [0.5, 0.6) is 0 Å². The van der Waals surface area contributed by atoms with Crippen LogP contribution in [0.3, 0.4) is 0 Å². The van der Waals surface area contributed by atoms with Crippen LogP contribution in [0.4, 0.5) is 0 Å². The van der Waals surface area contributed by atoms with E-state index in [0.29, 0.717) is 0 Å². The van der Waals surface area contributed by atoms with E-state index in [1.54, 1.807) is 0 Å². The normalized spacial score (nSPS) is 23.1. The van der Waals surface area contributed by atoms with Crippen molar-refractivity contribution in [2.75, 3.05) is 13.1 Å². The van der Waals surface area contributed by atoms with Gasteiger partial charge in [-0.05, 0) is 18.9 Å². The van der Waals surface area contributed by atoms with Gasteiger partial charge in [0.25, 0.3) is 0 Å². The van der Waals surface area contributed by atoms with E-state index < -0.39 is 0 Å². The van der Waals surface area contributed by atoms with Gasteiger partial charge in [0.15, 0.2) is 0 Å². The monoisotopic (exact) mass is 177 g/mol. The zero-order chi connectivity index (χ0) is 8.67. The summed E-state index contributed by atoms with van der Waals surface area (Å²) < 4.78 is 2.21. The molecule has 1 N–H and O–H groups in total. The van der Waals surface area contributed by atoms with E-state index in [1.807, 2.05) is 6.20 Å². The molecule has 0 bridgehead atoms. The minimum atomic E-state index is 0.817. The molecule has 13 heavy (non-hydrogen) atoms. The third kappa shape index (κ3) is 1.37. The van der Waals surface area contributed by atoms with E-state index in [9.17, 15) is 0 Å². The van der Waals surface area contributed by atoms with E-state index in [0.717, 1.165) is 18.4 Å². The Morgan fingerprint density at radius 1 is 1.46 bits per heavy atom. The fourth-order valence-electron chi connectivity index (χ4n) is 1.94. The summed E-state index contributed by atoms with van der Waals surface area (Å²) in [7, 11) is 0. The van der Waals surface area contributed by atoms with Crippen molar-refractivity contribution in [2.24, 2.45) is 5.92 Å². The van der Waals surface area contributed by atoms with Crippen molar-refractivity contribution >= 4 is 0 Å². The largest absolute Gasteiger partial charge is 0.316 e. The Bertz CT molecular complexity index is 297. The molecule has 0 radical (unpaired) electrons. The summed E-state index contributed by atoms with van der Waals surface area (Å²) in [6, 6.07) is 2.18. The highest BCUT2D eigenvalue weighted by atomic mass is 15.3. The third-order valence-corrected chi connectivity index (χ3v) is 3.04. The molecule has 1 aliphatic heterocycles. The molecule has 1 aromatic rings. The van der Waals surface area contributed by atoms with Crippen molar-refractivity contribution in [3.63, 3.8) is 0 Å². The van der Waals surface area contributed by atoms with Crippen molar-refractivity contribution in [3.05, 3.63) is 18.0 Å². The number of hydrogen-bond acceptors (Lipinski definition) is 2. The van der Waals surface area contributed by atoms with Gasteiger partial charge >= 0.3 is 0 Å². The first-order valence-electron chi connectivity index (χ1n) is 5.16. The average molecular weight is 177 g/mol. The Morgan fingerprint density at radius 3 is 2.92 bits per heavy atom. The SMILES string of the molecule is c1cc(C2CC2)n(CC2CNC2)n1. The van der Waals surface area contributed by atoms with Crippen molar-refractivity contribution in [2.45, 2.75) is 25.3 Å². The first kappa shape index (κ1) is 7.56. The molecule has 1 saturated carbocycles. The van der Waals surface area contributed by atoms with Gasteiger partial charge in [-0.15, -0.1) is 0 Å². The molecule has 0 spiro atoms. The predicted octanol–water partition coefficient (Wildman–Crippen LogP) is 0.980. The second kappa shape index (κ2) is 2.84. The summed E-state index contributed by atoms with van der Waals surface area (Å²) in [5.41, 5.74) is 1.46. The lowest BCUT2D eigenvalue weighted by molar-refractivity contribution is 0.292. The lowest BCUT2D eigenvalue weighted by Gasteiger charge is -2.27. The summed E-state index contributed by atoms with van der Waals surface area (Å²) in [6.45, 7) is 3.46. The Labute approximate surface area is 78.1 Å². The highest BCUT2D eigenvalue weighted by Gasteiger charge is 2.28. The molecular weight excluding hydrogens is 162 g/mol. The molecule has 0 atom stereocenters. The minimum absolute atomic E-state index is 0.817. The molecule has 1 saturated heterocycles. The molecule has 2 fully saturated rings. The molecule has 3 rings (SSSR count). The molecule has 1 aromatic heterocycles. The molecular formula is C10H15N3. The van der Waals surface area contributed by atoms with Gasteiger partial charge in [0.05, 0.1) is 0 Å². The number of rotatable bonds is 3. The Hall–Kier alpha value is -0.830. The number of nitrogens with zero attached hydrogens (tertiary/aromatic N) is 2. The van der Waals surface area contributed by atoms with Crippen molar-refractivity contribution in [1.82, 2.24) is 15.1 Å². The minimum Gasteiger partial charge on any atom is -0.316 e. The zero-order valence-electron chi connectivity index (χ0n) is 7.74. The standard InChI is InChI=1S/C10H15N3/c1-2-9(1)10-3-4-12-13(10)7-8-5-11-6-8/h3-4,8-9,11H,1-2,5-7H2. The van der Waals surface area contributed by atoms with Gasteiger partial charge in [0.1, 0.15) is 0 Å². The number of nitrogens with one attached hydrogen (secondary N) is 1. The molecule has 0 unspecified atom stereocenters. The maximum absolute atomic E-state index is 4.39. The fourth-order valence-corrected chi connectivity index (χ4v) is 1.94. The maximum Gasteiger partial charge on any atom is 0.0492 e. The second-order valence-electron chi connectivity index (χ2n) is 4.24. The lowest BCUT2D eigenvalue weighted by atomic mass is 10.0. The number of aromatic nitrogens is 2. The Balaban J connectivity index is 1.74. The molecule has 2 aliphatic rings. The first-order valence-corrected chi connectivity index (χ1v) is 5.16. The average Bonchev–Trinajstić information content (AvgIpc) is 2.79. The Morgan fingerprint density at radius 2 is 2.31 bits per heavy atom. The van der Waals surface area contributed by atoms with E-state index in [2.05, 4.69) is 21.2 Å². The summed E-state index contributed by atoms with van der Waals surface area (Å²) in [5, 5.41) is 7.69. The van der Waals surface area contributed by atoms with Crippen LogP contribution in [-0.2, 0) is 6.54 Å². The fraction of sp³-hybridized carbons (Fsp3) is 0.700. The molecule has 3 nitrogen and oxygen atoms in total. The maximum atomic E-state index is 4.39. The second-order valence-corrected chi connectivity index (χ2v) is 4.24. The van der Waals surface area contributed by atoms with Gasteiger partial charge in [-0.25, -0.2) is 0 Å². The quantitative estimate of drug-likeness (QED) is 0.746. The van der Waals surface area contributed by atoms with Crippen LogP contribution in [0, 0.1) is 5.92 Å². The van der Waals surface area contributed by atoms with Crippen molar-refractivity contribution in [1.29, 1.82) is 0 Å². The smallest absolute Gasteiger partial charge is 0.0492 e. The summed E-state index contributed by atoms with van der Waals surface area (Å²) in [5.74, 6) is 1.65. The van der Waals surface area contributed by atoms with Crippen LogP contribution in [-0.4, -0.2) is 22.9 Å². The first-order chi connectivity index (χ1) is 6.43. The topological polar surface area (TPSA) is 29.9 Å². The highest BCUT2D eigenvalue weighted by molar-refractivity contribution is 5.13. The van der Waals surface area contributed by atoms with Gasteiger partial charge in [0.2, 0.25) is 0 Å². The van der Waals surface area contributed by atoms with E-state index in [1.165, 1.54) is 31.6 Å². The van der Waals surface area contributed by atoms with Gasteiger partial charge in [-0.1, -0.05) is 0 Å². The van der Waals surface area contributed by atoms with Crippen molar-refractivity contribution < 1.29 is 0 Å². The van der Waals surface area contributed by atoms with E-state index >= 15 is 0 Å². The van der Waals surface area contributed by atoms with Gasteiger partial charge in [-0.3, -0.25) is 4.68 Å². The molecule has 1 aliphatic carbocycles. The van der Waals surface area contributed by atoms with Crippen LogP contribution in [0.15, 0.2) is 12.3 Å².